The molecule has 0 saturated heterocycles. The van der Waals surface area contributed by atoms with E-state index in [2.05, 4.69) is 22.4 Å². The standard InChI is InChI=1S/C21H26N2O3/c1-16(2)26-21(22-15-7-10-17-8-5-4-6-9-17)23-20(24)18-11-13-19(25-3)14-12-18/h4-6,8-9,11-14,16H,7,10,15H2,1-3H3,(H,22,23,24). The van der Waals surface area contributed by atoms with Crippen LogP contribution in [0.15, 0.2) is 59.6 Å². The summed E-state index contributed by atoms with van der Waals surface area (Å²) in [5.41, 5.74) is 1.80. The summed E-state index contributed by atoms with van der Waals surface area (Å²) >= 11 is 0. The van der Waals surface area contributed by atoms with Crippen LogP contribution in [0, 0.1) is 0 Å². The highest BCUT2D eigenvalue weighted by atomic mass is 16.5. The van der Waals surface area contributed by atoms with Gasteiger partial charge < -0.3 is 9.47 Å². The average Bonchev–Trinajstić information content (AvgIpc) is 2.65. The van der Waals surface area contributed by atoms with E-state index in [-0.39, 0.29) is 18.0 Å². The molecule has 138 valence electrons. The maximum atomic E-state index is 12.4. The van der Waals surface area contributed by atoms with Crippen LogP contribution in [-0.4, -0.2) is 31.7 Å². The number of rotatable bonds is 7. The number of nitrogens with zero attached hydrogens (tertiary/aromatic N) is 1. The van der Waals surface area contributed by atoms with Crippen LogP contribution in [0.25, 0.3) is 0 Å². The van der Waals surface area contributed by atoms with Crippen molar-refractivity contribution < 1.29 is 14.3 Å². The zero-order valence-electron chi connectivity index (χ0n) is 15.6. The van der Waals surface area contributed by atoms with Gasteiger partial charge in [0.15, 0.2) is 0 Å². The predicted octanol–water partition coefficient (Wildman–Crippen LogP) is 3.84. The first kappa shape index (κ1) is 19.5. The van der Waals surface area contributed by atoms with E-state index in [1.807, 2.05) is 32.0 Å². The van der Waals surface area contributed by atoms with Gasteiger partial charge >= 0.3 is 0 Å². The van der Waals surface area contributed by atoms with Gasteiger partial charge in [-0.2, -0.15) is 0 Å². The second-order valence-corrected chi connectivity index (χ2v) is 6.13. The first-order valence-corrected chi connectivity index (χ1v) is 8.79. The van der Waals surface area contributed by atoms with Gasteiger partial charge in [0.1, 0.15) is 5.75 Å². The maximum absolute atomic E-state index is 12.4. The molecule has 0 aliphatic carbocycles. The molecule has 1 amide bonds. The summed E-state index contributed by atoms with van der Waals surface area (Å²) in [7, 11) is 1.59. The molecular formula is C21H26N2O3. The average molecular weight is 354 g/mol. The van der Waals surface area contributed by atoms with E-state index >= 15 is 0 Å². The van der Waals surface area contributed by atoms with Crippen molar-refractivity contribution in [1.29, 1.82) is 0 Å². The first-order valence-electron chi connectivity index (χ1n) is 8.79. The molecule has 2 rings (SSSR count). The highest BCUT2D eigenvalue weighted by Gasteiger charge is 2.11. The van der Waals surface area contributed by atoms with Crippen molar-refractivity contribution in [2.45, 2.75) is 32.8 Å². The maximum Gasteiger partial charge on any atom is 0.291 e. The van der Waals surface area contributed by atoms with Crippen molar-refractivity contribution in [2.24, 2.45) is 4.99 Å². The number of hydrogen-bond acceptors (Lipinski definition) is 4. The molecule has 0 fully saturated rings. The van der Waals surface area contributed by atoms with Crippen molar-refractivity contribution in [1.82, 2.24) is 5.32 Å². The summed E-state index contributed by atoms with van der Waals surface area (Å²) in [5, 5.41) is 2.75. The van der Waals surface area contributed by atoms with Crippen molar-refractivity contribution in [2.75, 3.05) is 13.7 Å². The summed E-state index contributed by atoms with van der Waals surface area (Å²) in [4.78, 5) is 16.8. The Morgan fingerprint density at radius 3 is 2.38 bits per heavy atom. The Morgan fingerprint density at radius 2 is 1.77 bits per heavy atom. The summed E-state index contributed by atoms with van der Waals surface area (Å²) in [6.45, 7) is 4.39. The van der Waals surface area contributed by atoms with E-state index in [0.717, 1.165) is 12.8 Å². The van der Waals surface area contributed by atoms with Crippen LogP contribution in [0.2, 0.25) is 0 Å². The molecular weight excluding hydrogens is 328 g/mol. The molecule has 0 unspecified atom stereocenters. The molecule has 0 radical (unpaired) electrons. The minimum Gasteiger partial charge on any atom is -0.497 e. The Kier molecular flexibility index (Phi) is 7.68. The van der Waals surface area contributed by atoms with Crippen LogP contribution in [0.4, 0.5) is 0 Å². The molecule has 5 heteroatoms. The van der Waals surface area contributed by atoms with Crippen LogP contribution in [0.5, 0.6) is 5.75 Å². The molecule has 0 saturated carbocycles. The molecule has 26 heavy (non-hydrogen) atoms. The number of ether oxygens (including phenoxy) is 2. The highest BCUT2D eigenvalue weighted by molar-refractivity contribution is 6.04. The summed E-state index contributed by atoms with van der Waals surface area (Å²) < 4.78 is 10.7. The SMILES string of the molecule is COc1ccc(C(=O)NC(=NCCCc2ccccc2)OC(C)C)cc1. The molecule has 5 nitrogen and oxygen atoms in total. The molecule has 2 aromatic rings. The fourth-order valence-electron chi connectivity index (χ4n) is 2.35. The predicted molar refractivity (Wildman–Crippen MR) is 104 cm³/mol. The van der Waals surface area contributed by atoms with Gasteiger partial charge in [-0.1, -0.05) is 30.3 Å². The summed E-state index contributed by atoms with van der Waals surface area (Å²) in [6.07, 6.45) is 1.75. The first-order chi connectivity index (χ1) is 12.6. The summed E-state index contributed by atoms with van der Waals surface area (Å²) in [5.74, 6) is 0.449. The Balaban J connectivity index is 1.93. The second kappa shape index (κ2) is 10.2. The number of aryl methyl sites for hydroxylation is 1. The van der Waals surface area contributed by atoms with Crippen molar-refractivity contribution in [3.8, 4) is 5.75 Å². The highest BCUT2D eigenvalue weighted by Crippen LogP contribution is 2.11. The largest absolute Gasteiger partial charge is 0.497 e. The van der Waals surface area contributed by atoms with Crippen molar-refractivity contribution >= 4 is 11.9 Å². The fraction of sp³-hybridized carbons (Fsp3) is 0.333. The number of carbonyl (C=O) groups is 1. The fourth-order valence-corrected chi connectivity index (χ4v) is 2.35. The van der Waals surface area contributed by atoms with Crippen LogP contribution in [-0.2, 0) is 11.2 Å². The molecule has 0 atom stereocenters. The van der Waals surface area contributed by atoms with E-state index in [4.69, 9.17) is 9.47 Å². The lowest BCUT2D eigenvalue weighted by Gasteiger charge is -2.13. The summed E-state index contributed by atoms with van der Waals surface area (Å²) in [6, 6.07) is 17.4. The zero-order chi connectivity index (χ0) is 18.8. The van der Waals surface area contributed by atoms with E-state index in [1.165, 1.54) is 5.56 Å². The van der Waals surface area contributed by atoms with Crippen molar-refractivity contribution in [3.63, 3.8) is 0 Å². The van der Waals surface area contributed by atoms with Crippen LogP contribution < -0.4 is 10.1 Å². The molecule has 1 N–H and O–H groups in total. The van der Waals surface area contributed by atoms with Crippen LogP contribution in [0.1, 0.15) is 36.2 Å². The third-order valence-corrected chi connectivity index (χ3v) is 3.64. The lowest BCUT2D eigenvalue weighted by Crippen LogP contribution is -2.34. The molecule has 0 aliphatic rings. The number of amidine groups is 1. The van der Waals surface area contributed by atoms with E-state index in [0.29, 0.717) is 17.9 Å². The topological polar surface area (TPSA) is 59.9 Å². The van der Waals surface area contributed by atoms with Gasteiger partial charge in [-0.3, -0.25) is 10.1 Å². The lowest BCUT2D eigenvalue weighted by atomic mass is 10.1. The molecule has 0 spiro atoms. The van der Waals surface area contributed by atoms with Gasteiger partial charge in [0.05, 0.1) is 13.2 Å². The van der Waals surface area contributed by atoms with E-state index < -0.39 is 0 Å². The van der Waals surface area contributed by atoms with Gasteiger partial charge in [0.25, 0.3) is 11.9 Å². The number of benzene rings is 2. The van der Waals surface area contributed by atoms with Gasteiger partial charge in [-0.25, -0.2) is 4.99 Å². The molecule has 0 heterocycles. The number of nitrogens with one attached hydrogen (secondary N) is 1. The van der Waals surface area contributed by atoms with Gasteiger partial charge in [-0.05, 0) is 56.5 Å². The Morgan fingerprint density at radius 1 is 1.08 bits per heavy atom. The zero-order valence-corrected chi connectivity index (χ0v) is 15.6. The van der Waals surface area contributed by atoms with E-state index in [9.17, 15) is 4.79 Å². The Bertz CT molecular complexity index is 710. The number of hydrogen-bond donors (Lipinski definition) is 1. The second-order valence-electron chi connectivity index (χ2n) is 6.13. The minimum atomic E-state index is -0.255. The molecule has 2 aromatic carbocycles. The van der Waals surface area contributed by atoms with Gasteiger partial charge in [0, 0.05) is 12.1 Å². The Labute approximate surface area is 155 Å². The van der Waals surface area contributed by atoms with Crippen LogP contribution >= 0.6 is 0 Å². The van der Waals surface area contributed by atoms with Gasteiger partial charge in [-0.15, -0.1) is 0 Å². The van der Waals surface area contributed by atoms with Crippen LogP contribution in [0.3, 0.4) is 0 Å². The normalized spacial score (nSPS) is 11.3. The minimum absolute atomic E-state index is 0.0703. The molecule has 0 aliphatic heterocycles. The number of carbonyl (C=O) groups excluding carboxylic acids is 1. The number of amides is 1. The van der Waals surface area contributed by atoms with E-state index in [1.54, 1.807) is 31.4 Å². The lowest BCUT2D eigenvalue weighted by molar-refractivity contribution is 0.0959. The quantitative estimate of drug-likeness (QED) is 0.467. The molecule has 0 bridgehead atoms. The Hall–Kier alpha value is -2.82. The smallest absolute Gasteiger partial charge is 0.291 e. The third kappa shape index (κ3) is 6.59. The third-order valence-electron chi connectivity index (χ3n) is 3.64. The van der Waals surface area contributed by atoms with Crippen molar-refractivity contribution in [3.05, 3.63) is 65.7 Å². The number of methoxy groups -OCH3 is 1. The van der Waals surface area contributed by atoms with Gasteiger partial charge in [0.2, 0.25) is 0 Å². The molecule has 0 aromatic heterocycles. The monoisotopic (exact) mass is 354 g/mol. The number of aliphatic imine (C=N–C) groups is 1.